The van der Waals surface area contributed by atoms with E-state index in [0.29, 0.717) is 0 Å². The van der Waals surface area contributed by atoms with Gasteiger partial charge in [-0.05, 0) is 6.26 Å². The Bertz CT molecular complexity index is 273. The highest BCUT2D eigenvalue weighted by Crippen LogP contribution is 2.28. The highest BCUT2D eigenvalue weighted by atomic mass is 32.2. The Hall–Kier alpha value is -0.590. The minimum Gasteiger partial charge on any atom is -0.380 e. The van der Waals surface area contributed by atoms with Gasteiger partial charge in [0.05, 0.1) is 25.2 Å². The molecule has 0 unspecified atom stereocenters. The maximum absolute atomic E-state index is 5.27. The molecule has 1 aromatic rings. The van der Waals surface area contributed by atoms with E-state index in [0.717, 1.165) is 26.3 Å². The summed E-state index contributed by atoms with van der Waals surface area (Å²) in [5, 5.41) is 4.11. The second-order valence-electron chi connectivity index (χ2n) is 3.61. The Morgan fingerprint density at radius 3 is 3.00 bits per heavy atom. The number of nitrogens with zero attached hydrogens (tertiary/aromatic N) is 3. The van der Waals surface area contributed by atoms with Crippen molar-refractivity contribution in [3.05, 3.63) is 12.7 Å². The standard InChI is InChI=1S/C8H14N4OS/c1-14-11-2-8(4-13-5-8)3-12-7-9-6-10-12/h6-7,11H,2-5H2,1H3. The molecule has 0 atom stereocenters. The van der Waals surface area contributed by atoms with Crippen LogP contribution in [0.5, 0.6) is 0 Å². The van der Waals surface area contributed by atoms with Crippen molar-refractivity contribution in [2.75, 3.05) is 26.0 Å². The third-order valence-corrected chi connectivity index (χ3v) is 2.81. The molecule has 2 rings (SSSR count). The Balaban J connectivity index is 1.92. The third-order valence-electron chi connectivity index (χ3n) is 2.37. The number of hydrogen-bond donors (Lipinski definition) is 1. The molecule has 2 heterocycles. The van der Waals surface area contributed by atoms with Gasteiger partial charge in [-0.25, -0.2) is 4.98 Å². The SMILES string of the molecule is CSNCC1(Cn2cncn2)COC1. The smallest absolute Gasteiger partial charge is 0.137 e. The molecule has 0 aliphatic carbocycles. The lowest BCUT2D eigenvalue weighted by Gasteiger charge is -2.41. The molecular formula is C8H14N4OS. The van der Waals surface area contributed by atoms with Crippen molar-refractivity contribution in [2.45, 2.75) is 6.54 Å². The summed E-state index contributed by atoms with van der Waals surface area (Å²) in [6, 6.07) is 0. The summed E-state index contributed by atoms with van der Waals surface area (Å²) in [6.45, 7) is 3.44. The fourth-order valence-electron chi connectivity index (χ4n) is 1.52. The van der Waals surface area contributed by atoms with Crippen molar-refractivity contribution >= 4 is 11.9 Å². The van der Waals surface area contributed by atoms with Crippen molar-refractivity contribution in [3.63, 3.8) is 0 Å². The van der Waals surface area contributed by atoms with E-state index in [-0.39, 0.29) is 5.41 Å². The van der Waals surface area contributed by atoms with Gasteiger partial charge in [0.1, 0.15) is 12.7 Å². The predicted molar refractivity (Wildman–Crippen MR) is 54.8 cm³/mol. The van der Waals surface area contributed by atoms with Crippen LogP contribution in [0.3, 0.4) is 0 Å². The summed E-state index contributed by atoms with van der Waals surface area (Å²) in [5.41, 5.74) is 0.205. The predicted octanol–water partition coefficient (Wildman–Crippen LogP) is 0.162. The fourth-order valence-corrected chi connectivity index (χ4v) is 1.97. The highest BCUT2D eigenvalue weighted by Gasteiger charge is 2.38. The Labute approximate surface area is 87.4 Å². The van der Waals surface area contributed by atoms with Crippen LogP contribution in [0.15, 0.2) is 12.7 Å². The van der Waals surface area contributed by atoms with Crippen LogP contribution in [0.2, 0.25) is 0 Å². The van der Waals surface area contributed by atoms with E-state index in [2.05, 4.69) is 14.8 Å². The van der Waals surface area contributed by atoms with Crippen LogP contribution in [0.1, 0.15) is 0 Å². The largest absolute Gasteiger partial charge is 0.380 e. The molecule has 5 nitrogen and oxygen atoms in total. The fraction of sp³-hybridized carbons (Fsp3) is 0.750. The average Bonchev–Trinajstić information content (AvgIpc) is 2.62. The van der Waals surface area contributed by atoms with Crippen LogP contribution < -0.4 is 4.72 Å². The molecule has 1 aromatic heterocycles. The van der Waals surface area contributed by atoms with Crippen molar-refractivity contribution in [1.29, 1.82) is 0 Å². The molecule has 1 aliphatic rings. The first-order valence-corrected chi connectivity index (χ1v) is 5.73. The van der Waals surface area contributed by atoms with Gasteiger partial charge in [0.2, 0.25) is 0 Å². The van der Waals surface area contributed by atoms with Gasteiger partial charge in [0.25, 0.3) is 0 Å². The molecule has 0 aromatic carbocycles. The number of aromatic nitrogens is 3. The molecule has 0 radical (unpaired) electrons. The maximum atomic E-state index is 5.27. The van der Waals surface area contributed by atoms with E-state index in [1.54, 1.807) is 24.6 Å². The van der Waals surface area contributed by atoms with Crippen LogP contribution in [0.25, 0.3) is 0 Å². The minimum atomic E-state index is 0.205. The average molecular weight is 214 g/mol. The number of rotatable bonds is 5. The normalized spacial score (nSPS) is 19.2. The summed E-state index contributed by atoms with van der Waals surface area (Å²) in [5.74, 6) is 0. The zero-order valence-electron chi connectivity index (χ0n) is 8.14. The van der Waals surface area contributed by atoms with Crippen molar-refractivity contribution in [3.8, 4) is 0 Å². The second kappa shape index (κ2) is 4.29. The van der Waals surface area contributed by atoms with E-state index >= 15 is 0 Å². The van der Waals surface area contributed by atoms with Crippen LogP contribution in [-0.2, 0) is 11.3 Å². The summed E-state index contributed by atoms with van der Waals surface area (Å²) in [6.07, 6.45) is 5.34. The quantitative estimate of drug-likeness (QED) is 0.708. The van der Waals surface area contributed by atoms with E-state index < -0.39 is 0 Å². The molecule has 6 heteroatoms. The van der Waals surface area contributed by atoms with E-state index in [1.165, 1.54) is 0 Å². The first kappa shape index (κ1) is 9.95. The Kier molecular flexibility index (Phi) is 3.05. The highest BCUT2D eigenvalue weighted by molar-refractivity contribution is 7.96. The van der Waals surface area contributed by atoms with E-state index in [9.17, 15) is 0 Å². The third kappa shape index (κ3) is 2.08. The zero-order valence-corrected chi connectivity index (χ0v) is 8.96. The van der Waals surface area contributed by atoms with Gasteiger partial charge < -0.3 is 4.74 Å². The molecule has 1 N–H and O–H groups in total. The molecule has 1 aliphatic heterocycles. The lowest BCUT2D eigenvalue weighted by Crippen LogP contribution is -2.51. The van der Waals surface area contributed by atoms with Gasteiger partial charge in [-0.15, -0.1) is 0 Å². The maximum Gasteiger partial charge on any atom is 0.137 e. The van der Waals surface area contributed by atoms with Crippen molar-refractivity contribution in [1.82, 2.24) is 19.5 Å². The van der Waals surface area contributed by atoms with Crippen molar-refractivity contribution in [2.24, 2.45) is 5.41 Å². The van der Waals surface area contributed by atoms with Crippen LogP contribution in [0, 0.1) is 5.41 Å². The van der Waals surface area contributed by atoms with Gasteiger partial charge in [0.15, 0.2) is 0 Å². The number of nitrogens with one attached hydrogen (secondary N) is 1. The summed E-state index contributed by atoms with van der Waals surface area (Å²) >= 11 is 1.64. The lowest BCUT2D eigenvalue weighted by molar-refractivity contribution is -0.118. The number of ether oxygens (including phenoxy) is 1. The molecule has 1 saturated heterocycles. The van der Waals surface area contributed by atoms with E-state index in [1.807, 2.05) is 10.9 Å². The molecule has 14 heavy (non-hydrogen) atoms. The summed E-state index contributed by atoms with van der Waals surface area (Å²) < 4.78 is 10.4. The Morgan fingerprint density at radius 1 is 1.64 bits per heavy atom. The summed E-state index contributed by atoms with van der Waals surface area (Å²) in [4.78, 5) is 3.93. The van der Waals surface area contributed by atoms with Crippen LogP contribution in [0.4, 0.5) is 0 Å². The molecular weight excluding hydrogens is 200 g/mol. The monoisotopic (exact) mass is 214 g/mol. The topological polar surface area (TPSA) is 52.0 Å². The van der Waals surface area contributed by atoms with Gasteiger partial charge in [0, 0.05) is 6.54 Å². The van der Waals surface area contributed by atoms with Crippen LogP contribution in [-0.4, -0.2) is 40.8 Å². The Morgan fingerprint density at radius 2 is 2.50 bits per heavy atom. The molecule has 0 spiro atoms. The van der Waals surface area contributed by atoms with Gasteiger partial charge in [-0.2, -0.15) is 5.10 Å². The van der Waals surface area contributed by atoms with Gasteiger partial charge >= 0.3 is 0 Å². The molecule has 78 valence electrons. The molecule has 0 saturated carbocycles. The number of hydrogen-bond acceptors (Lipinski definition) is 5. The molecule has 1 fully saturated rings. The molecule has 0 amide bonds. The molecule has 0 bridgehead atoms. The first-order valence-electron chi connectivity index (χ1n) is 4.51. The second-order valence-corrected chi connectivity index (χ2v) is 4.31. The van der Waals surface area contributed by atoms with Gasteiger partial charge in [-0.3, -0.25) is 9.40 Å². The zero-order chi connectivity index (χ0) is 9.86. The van der Waals surface area contributed by atoms with Crippen LogP contribution >= 0.6 is 11.9 Å². The van der Waals surface area contributed by atoms with Crippen molar-refractivity contribution < 1.29 is 4.74 Å². The van der Waals surface area contributed by atoms with E-state index in [4.69, 9.17) is 4.74 Å². The van der Waals surface area contributed by atoms with Gasteiger partial charge in [-0.1, -0.05) is 11.9 Å². The first-order chi connectivity index (χ1) is 6.85. The lowest BCUT2D eigenvalue weighted by atomic mass is 9.86. The summed E-state index contributed by atoms with van der Waals surface area (Å²) in [7, 11) is 0. The minimum absolute atomic E-state index is 0.205.